The van der Waals surface area contributed by atoms with Crippen molar-refractivity contribution >= 4 is 51.9 Å². The normalized spacial score (nSPS) is 11.6. The summed E-state index contributed by atoms with van der Waals surface area (Å²) in [7, 11) is 0. The number of carboxylic acid groups (broad SMARTS) is 1. The summed E-state index contributed by atoms with van der Waals surface area (Å²) >= 11 is 0. The van der Waals surface area contributed by atoms with E-state index in [4.69, 9.17) is 9.47 Å². The Labute approximate surface area is 250 Å². The van der Waals surface area contributed by atoms with Gasteiger partial charge in [-0.3, -0.25) is 4.79 Å². The number of ether oxygens (including phenoxy) is 2. The lowest BCUT2D eigenvalue weighted by atomic mass is 10.1. The molecule has 8 nitrogen and oxygen atoms in total. The lowest BCUT2D eigenvalue weighted by Crippen LogP contribution is -2.45. The van der Waals surface area contributed by atoms with Crippen LogP contribution in [0.3, 0.4) is 0 Å². The molecular weight excluding hydrogens is 565 g/mol. The number of alkyl carbamates (subject to hydrolysis) is 1. The second-order valence-electron chi connectivity index (χ2n) is 9.47. The number of rotatable bonds is 12. The molecular formula is C34H32NO7P. The zero-order valence-corrected chi connectivity index (χ0v) is 24.5. The average Bonchev–Trinajstić information content (AvgIpc) is 3.04. The first kappa shape index (κ1) is 31.0. The lowest BCUT2D eigenvalue weighted by molar-refractivity contribution is -0.141. The maximum absolute atomic E-state index is 14.3. The maximum atomic E-state index is 14.3. The van der Waals surface area contributed by atoms with E-state index in [0.717, 1.165) is 0 Å². The molecule has 1 amide bonds. The van der Waals surface area contributed by atoms with Crippen molar-refractivity contribution in [2.45, 2.75) is 26.0 Å². The minimum absolute atomic E-state index is 0.000400. The van der Waals surface area contributed by atoms with E-state index in [1.165, 1.54) is 0 Å². The smallest absolute Gasteiger partial charge is 0.408 e. The number of Topliss-reactive ketones (excluding diaryl/α,β-unsaturated/α-hetero) is 1. The van der Waals surface area contributed by atoms with E-state index in [9.17, 15) is 24.3 Å². The second-order valence-corrected chi connectivity index (χ2v) is 12.8. The number of ketones is 1. The Balaban J connectivity index is 1.86. The van der Waals surface area contributed by atoms with Crippen molar-refractivity contribution in [1.82, 2.24) is 5.32 Å². The van der Waals surface area contributed by atoms with Crippen LogP contribution in [-0.2, 0) is 30.5 Å². The van der Waals surface area contributed by atoms with E-state index >= 15 is 0 Å². The minimum atomic E-state index is -3.22. The Morgan fingerprint density at radius 3 is 1.56 bits per heavy atom. The van der Waals surface area contributed by atoms with Crippen LogP contribution >= 0.6 is 6.89 Å². The molecule has 4 aromatic rings. The van der Waals surface area contributed by atoms with Gasteiger partial charge < -0.3 is 19.9 Å². The van der Waals surface area contributed by atoms with Crippen LogP contribution in [-0.4, -0.2) is 46.9 Å². The first-order chi connectivity index (χ1) is 20.9. The molecule has 2 N–H and O–H groups in total. The van der Waals surface area contributed by atoms with Crippen molar-refractivity contribution in [3.8, 4) is 0 Å². The first-order valence-electron chi connectivity index (χ1n) is 13.7. The highest BCUT2D eigenvalue weighted by Crippen LogP contribution is 2.47. The average molecular weight is 598 g/mol. The van der Waals surface area contributed by atoms with E-state index in [-0.39, 0.29) is 18.5 Å². The molecule has 0 fully saturated rings. The van der Waals surface area contributed by atoms with Gasteiger partial charge in [0.2, 0.25) is 0 Å². The number of aliphatic carboxylic acids is 1. The highest BCUT2D eigenvalue weighted by Gasteiger charge is 2.39. The van der Waals surface area contributed by atoms with Gasteiger partial charge >= 0.3 is 18.0 Å². The van der Waals surface area contributed by atoms with Crippen molar-refractivity contribution in [2.75, 3.05) is 6.61 Å². The summed E-state index contributed by atoms with van der Waals surface area (Å²) in [5.41, 5.74) is 0.710. The molecule has 1 atom stereocenters. The van der Waals surface area contributed by atoms with Crippen molar-refractivity contribution in [2.24, 2.45) is 0 Å². The third kappa shape index (κ3) is 7.29. The van der Waals surface area contributed by atoms with Gasteiger partial charge in [-0.05, 0) is 35.3 Å². The topological polar surface area (TPSA) is 119 Å². The third-order valence-electron chi connectivity index (χ3n) is 6.69. The fourth-order valence-corrected chi connectivity index (χ4v) is 9.15. The number of carbonyl (C=O) groups excluding carboxylic acids is 3. The summed E-state index contributed by atoms with van der Waals surface area (Å²) in [4.78, 5) is 53.1. The van der Waals surface area contributed by atoms with Gasteiger partial charge in [-0.2, -0.15) is 0 Å². The molecule has 0 unspecified atom stereocenters. The van der Waals surface area contributed by atoms with Crippen molar-refractivity contribution in [1.29, 1.82) is 0 Å². The molecule has 9 heteroatoms. The molecule has 0 saturated carbocycles. The SMILES string of the molecule is CCOC(=O)C(C(=O)C[C@H](NC(=O)OCc1ccccc1)C(=O)O)=P(c1ccccc1)(c1ccccc1)c1ccccc1. The Hall–Kier alpha value is -4.94. The number of benzene rings is 4. The Kier molecular flexibility index (Phi) is 10.7. The number of hydrogen-bond acceptors (Lipinski definition) is 6. The van der Waals surface area contributed by atoms with E-state index in [1.807, 2.05) is 97.1 Å². The number of carbonyl (C=O) groups is 4. The fraction of sp³-hybridized carbons (Fsp3) is 0.147. The van der Waals surface area contributed by atoms with Crippen LogP contribution in [0.25, 0.3) is 0 Å². The first-order valence-corrected chi connectivity index (χ1v) is 15.5. The minimum Gasteiger partial charge on any atom is -0.480 e. The number of hydrogen-bond donors (Lipinski definition) is 2. The van der Waals surface area contributed by atoms with Crippen molar-refractivity contribution in [3.63, 3.8) is 0 Å². The molecule has 0 aliphatic rings. The van der Waals surface area contributed by atoms with Gasteiger partial charge in [-0.15, -0.1) is 0 Å². The Bertz CT molecular complexity index is 1500. The van der Waals surface area contributed by atoms with Crippen LogP contribution in [0.1, 0.15) is 18.9 Å². The highest BCUT2D eigenvalue weighted by molar-refractivity contribution is 7.97. The van der Waals surface area contributed by atoms with Gasteiger partial charge in [0.15, 0.2) is 5.78 Å². The largest absolute Gasteiger partial charge is 0.480 e. The van der Waals surface area contributed by atoms with Gasteiger partial charge in [0.05, 0.1) is 6.61 Å². The highest BCUT2D eigenvalue weighted by atomic mass is 31.2. The van der Waals surface area contributed by atoms with Crippen LogP contribution in [0.15, 0.2) is 121 Å². The maximum Gasteiger partial charge on any atom is 0.408 e. The van der Waals surface area contributed by atoms with Crippen molar-refractivity contribution in [3.05, 3.63) is 127 Å². The molecule has 220 valence electrons. The number of amides is 1. The molecule has 0 aliphatic carbocycles. The van der Waals surface area contributed by atoms with Crippen LogP contribution in [0.5, 0.6) is 0 Å². The van der Waals surface area contributed by atoms with Gasteiger partial charge in [0.25, 0.3) is 0 Å². The summed E-state index contributed by atoms with van der Waals surface area (Å²) in [6, 6.07) is 34.8. The molecule has 0 bridgehead atoms. The number of esters is 1. The predicted octanol–water partition coefficient (Wildman–Crippen LogP) is 4.05. The summed E-state index contributed by atoms with van der Waals surface area (Å²) in [6.07, 6.45) is -1.70. The van der Waals surface area contributed by atoms with Gasteiger partial charge in [0, 0.05) is 6.42 Å². The lowest BCUT2D eigenvalue weighted by Gasteiger charge is -2.31. The van der Waals surface area contributed by atoms with E-state index in [2.05, 4.69) is 5.32 Å². The van der Waals surface area contributed by atoms with Crippen molar-refractivity contribution < 1.29 is 33.8 Å². The molecule has 0 aliphatic heterocycles. The summed E-state index contributed by atoms with van der Waals surface area (Å²) in [6.45, 7) is -1.67. The molecule has 0 heterocycles. The molecule has 0 radical (unpaired) electrons. The zero-order chi connectivity index (χ0) is 30.7. The van der Waals surface area contributed by atoms with Crippen LogP contribution in [0.2, 0.25) is 0 Å². The predicted molar refractivity (Wildman–Crippen MR) is 168 cm³/mol. The molecule has 4 aromatic carbocycles. The van der Waals surface area contributed by atoms with Crippen LogP contribution in [0.4, 0.5) is 4.79 Å². The van der Waals surface area contributed by atoms with Crippen LogP contribution < -0.4 is 21.2 Å². The van der Waals surface area contributed by atoms with E-state index in [0.29, 0.717) is 21.5 Å². The van der Waals surface area contributed by atoms with Gasteiger partial charge in [0.1, 0.15) is 17.9 Å². The second kappa shape index (κ2) is 14.8. The Morgan fingerprint density at radius 2 is 1.14 bits per heavy atom. The molecule has 0 aromatic heterocycles. The summed E-state index contributed by atoms with van der Waals surface area (Å²) < 4.78 is 10.7. The van der Waals surface area contributed by atoms with E-state index in [1.54, 1.807) is 31.2 Å². The molecule has 4 rings (SSSR count). The summed E-state index contributed by atoms with van der Waals surface area (Å²) in [5, 5.41) is 14.3. The summed E-state index contributed by atoms with van der Waals surface area (Å²) in [5.74, 6) is -3.04. The molecule has 0 spiro atoms. The third-order valence-corrected chi connectivity index (χ3v) is 11.0. The fourth-order valence-electron chi connectivity index (χ4n) is 4.82. The standard InChI is InChI=1S/C34H32NO7P/c1-2-41-33(39)31(30(36)23-29(32(37)38)35-34(40)42-24-25-15-7-3-8-16-25)43(26-17-9-4-10-18-26,27-19-11-5-12-20-27)28-21-13-6-14-22-28/h3-22,29H,2,23-24H2,1H3,(H,35,40)(H,37,38)/t29-/m0/s1. The van der Waals surface area contributed by atoms with Gasteiger partial charge in [-0.25, -0.2) is 14.4 Å². The number of carboxylic acids is 1. The molecule has 0 saturated heterocycles. The molecule has 43 heavy (non-hydrogen) atoms. The Morgan fingerprint density at radius 1 is 0.698 bits per heavy atom. The van der Waals surface area contributed by atoms with E-state index < -0.39 is 43.2 Å². The zero-order valence-electron chi connectivity index (χ0n) is 23.6. The monoisotopic (exact) mass is 597 g/mol. The van der Waals surface area contributed by atoms with Gasteiger partial charge in [-0.1, -0.05) is 121 Å². The number of nitrogens with one attached hydrogen (secondary N) is 1. The van der Waals surface area contributed by atoms with Crippen LogP contribution in [0, 0.1) is 0 Å². The quantitative estimate of drug-likeness (QED) is 0.144.